The summed E-state index contributed by atoms with van der Waals surface area (Å²) in [6.07, 6.45) is 11.0. The second-order valence-electron chi connectivity index (χ2n) is 7.01. The third-order valence-corrected chi connectivity index (χ3v) is 5.37. The molecular weight excluding hydrogens is 352 g/mol. The molecule has 3 rings (SSSR count). The summed E-state index contributed by atoms with van der Waals surface area (Å²) in [5.74, 6) is 2.13. The van der Waals surface area contributed by atoms with Crippen LogP contribution in [0.15, 0.2) is 54.6 Å². The van der Waals surface area contributed by atoms with Crippen LogP contribution in [0.25, 0.3) is 6.08 Å². The maximum absolute atomic E-state index is 9.51. The quantitative estimate of drug-likeness (QED) is 0.697. The number of hydrogen-bond donors (Lipinski definition) is 2. The van der Waals surface area contributed by atoms with E-state index in [2.05, 4.69) is 36.4 Å². The molecule has 0 spiro atoms. The summed E-state index contributed by atoms with van der Waals surface area (Å²) in [6.45, 7) is -0.132. The number of ether oxygens (including phenoxy) is 2. The van der Waals surface area contributed by atoms with E-state index in [-0.39, 0.29) is 19.1 Å². The highest BCUT2D eigenvalue weighted by molar-refractivity contribution is 5.53. The van der Waals surface area contributed by atoms with Crippen LogP contribution in [0, 0.1) is 5.92 Å². The molecule has 2 atom stereocenters. The lowest BCUT2D eigenvalue weighted by atomic mass is 9.79. The van der Waals surface area contributed by atoms with Gasteiger partial charge in [0.05, 0.1) is 27.4 Å². The maximum Gasteiger partial charge on any atom is 0.161 e. The molecule has 0 heterocycles. The highest BCUT2D eigenvalue weighted by atomic mass is 16.5. The van der Waals surface area contributed by atoms with Crippen LogP contribution >= 0.6 is 0 Å². The fourth-order valence-corrected chi connectivity index (χ4v) is 3.77. The molecule has 2 aromatic rings. The summed E-state index contributed by atoms with van der Waals surface area (Å²) in [5, 5.41) is 18.9. The highest BCUT2D eigenvalue weighted by Crippen LogP contribution is 2.38. The molecular formula is C24H28O4. The molecule has 0 saturated carbocycles. The van der Waals surface area contributed by atoms with Crippen molar-refractivity contribution < 1.29 is 19.7 Å². The second kappa shape index (κ2) is 9.58. The van der Waals surface area contributed by atoms with Gasteiger partial charge < -0.3 is 19.7 Å². The van der Waals surface area contributed by atoms with Gasteiger partial charge in [-0.05, 0) is 59.2 Å². The van der Waals surface area contributed by atoms with Crippen molar-refractivity contribution in [2.45, 2.75) is 32.0 Å². The van der Waals surface area contributed by atoms with E-state index in [9.17, 15) is 10.2 Å². The highest BCUT2D eigenvalue weighted by Gasteiger charge is 2.22. The van der Waals surface area contributed by atoms with Crippen LogP contribution in [0.4, 0.5) is 0 Å². The molecule has 0 fully saturated rings. The first kappa shape index (κ1) is 20.2. The predicted molar refractivity (Wildman–Crippen MR) is 111 cm³/mol. The lowest BCUT2D eigenvalue weighted by Gasteiger charge is -2.26. The van der Waals surface area contributed by atoms with Crippen LogP contribution in [0.5, 0.6) is 11.5 Å². The Morgan fingerprint density at radius 2 is 1.75 bits per heavy atom. The fourth-order valence-electron chi connectivity index (χ4n) is 3.77. The SMILES string of the molecule is COc1ccc(C2C=CCCC2C=Cc2ccc(CO)c(CO)c2)cc1OC. The average Bonchev–Trinajstić information content (AvgIpc) is 2.77. The van der Waals surface area contributed by atoms with Gasteiger partial charge in [0.1, 0.15) is 0 Å². The van der Waals surface area contributed by atoms with Gasteiger partial charge >= 0.3 is 0 Å². The van der Waals surface area contributed by atoms with E-state index in [1.54, 1.807) is 14.2 Å². The van der Waals surface area contributed by atoms with Crippen molar-refractivity contribution >= 4 is 6.08 Å². The van der Waals surface area contributed by atoms with Crippen molar-refractivity contribution in [3.8, 4) is 11.5 Å². The summed E-state index contributed by atoms with van der Waals surface area (Å²) >= 11 is 0. The monoisotopic (exact) mass is 380 g/mol. The number of hydrogen-bond acceptors (Lipinski definition) is 4. The van der Waals surface area contributed by atoms with Gasteiger partial charge in [-0.3, -0.25) is 0 Å². The minimum absolute atomic E-state index is 0.0608. The summed E-state index contributed by atoms with van der Waals surface area (Å²) in [6, 6.07) is 11.9. The van der Waals surface area contributed by atoms with Gasteiger partial charge in [-0.25, -0.2) is 0 Å². The molecule has 0 aromatic heterocycles. The zero-order valence-corrected chi connectivity index (χ0v) is 16.5. The van der Waals surface area contributed by atoms with E-state index in [0.717, 1.165) is 41.0 Å². The Morgan fingerprint density at radius 3 is 2.46 bits per heavy atom. The van der Waals surface area contributed by atoms with Crippen molar-refractivity contribution in [1.82, 2.24) is 0 Å². The van der Waals surface area contributed by atoms with Gasteiger partial charge in [-0.2, -0.15) is 0 Å². The van der Waals surface area contributed by atoms with Crippen molar-refractivity contribution in [1.29, 1.82) is 0 Å². The second-order valence-corrected chi connectivity index (χ2v) is 7.01. The molecule has 4 nitrogen and oxygen atoms in total. The van der Waals surface area contributed by atoms with Crippen molar-refractivity contribution in [2.75, 3.05) is 14.2 Å². The van der Waals surface area contributed by atoms with Gasteiger partial charge in [0.2, 0.25) is 0 Å². The lowest BCUT2D eigenvalue weighted by molar-refractivity contribution is 0.260. The Morgan fingerprint density at radius 1 is 0.964 bits per heavy atom. The maximum atomic E-state index is 9.51. The topological polar surface area (TPSA) is 58.9 Å². The van der Waals surface area contributed by atoms with E-state index in [1.807, 2.05) is 24.3 Å². The number of allylic oxidation sites excluding steroid dienone is 3. The molecule has 148 valence electrons. The van der Waals surface area contributed by atoms with Gasteiger partial charge in [-0.15, -0.1) is 0 Å². The largest absolute Gasteiger partial charge is 0.493 e. The van der Waals surface area contributed by atoms with Gasteiger partial charge in [0.25, 0.3) is 0 Å². The van der Waals surface area contributed by atoms with E-state index in [1.165, 1.54) is 5.56 Å². The van der Waals surface area contributed by atoms with Gasteiger partial charge in [-0.1, -0.05) is 42.5 Å². The van der Waals surface area contributed by atoms with Crippen LogP contribution in [0.1, 0.15) is 41.0 Å². The summed E-state index contributed by atoms with van der Waals surface area (Å²) in [4.78, 5) is 0. The van der Waals surface area contributed by atoms with Crippen LogP contribution in [0.2, 0.25) is 0 Å². The number of methoxy groups -OCH3 is 2. The van der Waals surface area contributed by atoms with Crippen LogP contribution in [-0.4, -0.2) is 24.4 Å². The van der Waals surface area contributed by atoms with Crippen LogP contribution in [-0.2, 0) is 13.2 Å². The van der Waals surface area contributed by atoms with E-state index in [0.29, 0.717) is 5.92 Å². The molecule has 1 aliphatic rings. The lowest BCUT2D eigenvalue weighted by Crippen LogP contribution is -2.12. The first-order valence-corrected chi connectivity index (χ1v) is 9.60. The molecule has 2 aromatic carbocycles. The van der Waals surface area contributed by atoms with E-state index in [4.69, 9.17) is 9.47 Å². The molecule has 0 aliphatic heterocycles. The van der Waals surface area contributed by atoms with E-state index >= 15 is 0 Å². The third-order valence-electron chi connectivity index (χ3n) is 5.37. The zero-order valence-electron chi connectivity index (χ0n) is 16.5. The standard InChI is InChI=1S/C24H28O4/c1-27-23-12-11-19(14-24(23)28-2)22-6-4-3-5-18(22)9-7-17-8-10-20(15-25)21(13-17)16-26/h4,6-14,18,22,25-26H,3,5,15-16H2,1-2H3. The summed E-state index contributed by atoms with van der Waals surface area (Å²) in [5.41, 5.74) is 3.77. The van der Waals surface area contributed by atoms with Crippen molar-refractivity contribution in [3.05, 3.63) is 76.9 Å². The van der Waals surface area contributed by atoms with Gasteiger partial charge in [0, 0.05) is 5.92 Å². The third kappa shape index (κ3) is 4.46. The molecule has 1 aliphatic carbocycles. The zero-order chi connectivity index (χ0) is 19.9. The Labute approximate surface area is 166 Å². The Hall–Kier alpha value is -2.56. The average molecular weight is 380 g/mol. The fraction of sp³-hybridized carbons (Fsp3) is 0.333. The molecule has 0 saturated heterocycles. The van der Waals surface area contributed by atoms with Crippen molar-refractivity contribution in [3.63, 3.8) is 0 Å². The normalized spacial score (nSPS) is 19.1. The van der Waals surface area contributed by atoms with Crippen LogP contribution in [0.3, 0.4) is 0 Å². The number of aliphatic hydroxyl groups excluding tert-OH is 2. The molecule has 0 bridgehead atoms. The van der Waals surface area contributed by atoms with Crippen molar-refractivity contribution in [2.24, 2.45) is 5.92 Å². The summed E-state index contributed by atoms with van der Waals surface area (Å²) < 4.78 is 10.8. The Kier molecular flexibility index (Phi) is 6.90. The molecule has 0 amide bonds. The van der Waals surface area contributed by atoms with E-state index < -0.39 is 0 Å². The molecule has 2 unspecified atom stereocenters. The minimum Gasteiger partial charge on any atom is -0.493 e. The summed E-state index contributed by atoms with van der Waals surface area (Å²) in [7, 11) is 3.30. The minimum atomic E-state index is -0.0714. The molecule has 4 heteroatoms. The number of aliphatic hydroxyl groups is 2. The van der Waals surface area contributed by atoms with Crippen LogP contribution < -0.4 is 9.47 Å². The predicted octanol–water partition coefficient (Wildman–Crippen LogP) is 4.45. The molecule has 28 heavy (non-hydrogen) atoms. The number of benzene rings is 2. The smallest absolute Gasteiger partial charge is 0.161 e. The first-order valence-electron chi connectivity index (χ1n) is 9.60. The number of rotatable bonds is 7. The molecule has 0 radical (unpaired) electrons. The first-order chi connectivity index (χ1) is 13.7. The molecule has 2 N–H and O–H groups in total. The Bertz CT molecular complexity index is 854. The van der Waals surface area contributed by atoms with Gasteiger partial charge in [0.15, 0.2) is 11.5 Å². The Balaban J connectivity index is 1.85.